The summed E-state index contributed by atoms with van der Waals surface area (Å²) in [6, 6.07) is 9.61. The third-order valence-electron chi connectivity index (χ3n) is 4.20. The summed E-state index contributed by atoms with van der Waals surface area (Å²) >= 11 is 0. The Morgan fingerprint density at radius 1 is 1.41 bits per heavy atom. The van der Waals surface area contributed by atoms with E-state index in [2.05, 4.69) is 5.10 Å². The molecule has 1 N–H and O–H groups in total. The lowest BCUT2D eigenvalue weighted by molar-refractivity contribution is -0.137. The van der Waals surface area contributed by atoms with Crippen molar-refractivity contribution in [3.05, 3.63) is 47.3 Å². The molecule has 0 saturated heterocycles. The summed E-state index contributed by atoms with van der Waals surface area (Å²) in [6.07, 6.45) is 3.05. The molecule has 0 amide bonds. The number of rotatable bonds is 5. The van der Waals surface area contributed by atoms with E-state index in [0.29, 0.717) is 6.61 Å². The summed E-state index contributed by atoms with van der Waals surface area (Å²) in [6.45, 7) is 0.378. The van der Waals surface area contributed by atoms with Crippen molar-refractivity contribution < 1.29 is 14.6 Å². The minimum atomic E-state index is -0.753. The summed E-state index contributed by atoms with van der Waals surface area (Å²) in [4.78, 5) is 11.1. The molecule has 116 valence electrons. The summed E-state index contributed by atoms with van der Waals surface area (Å²) in [5, 5.41) is 13.7. The third-order valence-corrected chi connectivity index (χ3v) is 4.20. The predicted octanol–water partition coefficient (Wildman–Crippen LogP) is 2.89. The first-order valence-electron chi connectivity index (χ1n) is 7.59. The molecule has 0 radical (unpaired) electrons. The number of carboxylic acid groups (broad SMARTS) is 1. The average molecular weight is 300 g/mol. The quantitative estimate of drug-likeness (QED) is 0.922. The van der Waals surface area contributed by atoms with Crippen LogP contribution in [-0.4, -0.2) is 20.9 Å². The van der Waals surface area contributed by atoms with Gasteiger partial charge in [-0.2, -0.15) is 5.10 Å². The maximum Gasteiger partial charge on any atom is 0.303 e. The van der Waals surface area contributed by atoms with Crippen LogP contribution in [0.3, 0.4) is 0 Å². The lowest BCUT2D eigenvalue weighted by Gasteiger charge is -2.22. The van der Waals surface area contributed by atoms with Crippen molar-refractivity contribution >= 4 is 5.97 Å². The van der Waals surface area contributed by atoms with Crippen LogP contribution >= 0.6 is 0 Å². The van der Waals surface area contributed by atoms with Crippen LogP contribution in [-0.2, 0) is 24.9 Å². The Bertz CT molecular complexity index is 664. The highest BCUT2D eigenvalue weighted by molar-refractivity contribution is 5.68. The van der Waals surface area contributed by atoms with Crippen molar-refractivity contribution in [1.29, 1.82) is 0 Å². The maximum absolute atomic E-state index is 11.1. The Labute approximate surface area is 129 Å². The van der Waals surface area contributed by atoms with E-state index in [1.54, 1.807) is 0 Å². The molecule has 3 rings (SSSR count). The van der Waals surface area contributed by atoms with Crippen molar-refractivity contribution in [3.8, 4) is 5.75 Å². The summed E-state index contributed by atoms with van der Waals surface area (Å²) in [5.74, 6) is 0.0912. The van der Waals surface area contributed by atoms with Crippen LogP contribution < -0.4 is 4.74 Å². The fourth-order valence-corrected chi connectivity index (χ4v) is 3.25. The molecule has 0 saturated carbocycles. The number of carboxylic acids is 1. The molecule has 1 atom stereocenters. The topological polar surface area (TPSA) is 64.4 Å². The zero-order chi connectivity index (χ0) is 15.5. The Morgan fingerprint density at radius 3 is 2.91 bits per heavy atom. The molecule has 2 aromatic rings. The van der Waals surface area contributed by atoms with E-state index in [4.69, 9.17) is 9.84 Å². The van der Waals surface area contributed by atoms with Gasteiger partial charge in [-0.15, -0.1) is 0 Å². The van der Waals surface area contributed by atoms with Gasteiger partial charge in [-0.25, -0.2) is 0 Å². The molecule has 0 spiro atoms. The van der Waals surface area contributed by atoms with Gasteiger partial charge >= 0.3 is 5.97 Å². The molecule has 0 fully saturated rings. The second-order valence-corrected chi connectivity index (χ2v) is 5.72. The van der Waals surface area contributed by atoms with Gasteiger partial charge in [0.25, 0.3) is 0 Å². The number of benzene rings is 1. The van der Waals surface area contributed by atoms with E-state index in [1.807, 2.05) is 42.1 Å². The van der Waals surface area contributed by atoms with Crippen molar-refractivity contribution in [2.45, 2.75) is 38.2 Å². The zero-order valence-corrected chi connectivity index (χ0v) is 12.7. The fraction of sp³-hybridized carbons (Fsp3) is 0.412. The molecule has 1 aromatic carbocycles. The minimum Gasteiger partial charge on any atom is -0.487 e. The molecule has 5 heteroatoms. The van der Waals surface area contributed by atoms with Gasteiger partial charge in [0, 0.05) is 18.3 Å². The van der Waals surface area contributed by atoms with Crippen LogP contribution in [0.25, 0.3) is 0 Å². The molecule has 1 aliphatic carbocycles. The van der Waals surface area contributed by atoms with E-state index in [1.165, 1.54) is 0 Å². The fourth-order valence-electron chi connectivity index (χ4n) is 3.25. The molecule has 0 bridgehead atoms. The largest absolute Gasteiger partial charge is 0.487 e. The Kier molecular flexibility index (Phi) is 4.13. The number of para-hydroxylation sites is 1. The van der Waals surface area contributed by atoms with Gasteiger partial charge in [0.05, 0.1) is 6.42 Å². The molecule has 5 nitrogen and oxygen atoms in total. The van der Waals surface area contributed by atoms with Crippen LogP contribution in [0, 0.1) is 0 Å². The van der Waals surface area contributed by atoms with Crippen LogP contribution in [0.1, 0.15) is 42.1 Å². The number of aromatic nitrogens is 2. The predicted molar refractivity (Wildman–Crippen MR) is 81.9 cm³/mol. The normalized spacial score (nSPS) is 17.0. The number of ether oxygens (including phenoxy) is 1. The van der Waals surface area contributed by atoms with Gasteiger partial charge in [-0.05, 0) is 37.3 Å². The monoisotopic (exact) mass is 300 g/mol. The smallest absolute Gasteiger partial charge is 0.303 e. The molecule has 0 aliphatic heterocycles. The number of aliphatic carboxylic acids is 1. The maximum atomic E-state index is 11.1. The van der Waals surface area contributed by atoms with Gasteiger partial charge in [0.15, 0.2) is 0 Å². The third kappa shape index (κ3) is 2.98. The van der Waals surface area contributed by atoms with E-state index in [-0.39, 0.29) is 12.3 Å². The molecule has 1 aromatic heterocycles. The molecule has 22 heavy (non-hydrogen) atoms. The number of nitrogens with zero attached hydrogens (tertiary/aromatic N) is 2. The van der Waals surface area contributed by atoms with Gasteiger partial charge < -0.3 is 9.84 Å². The number of carbonyl (C=O) groups is 1. The highest BCUT2D eigenvalue weighted by atomic mass is 16.5. The van der Waals surface area contributed by atoms with Gasteiger partial charge in [-0.1, -0.05) is 18.2 Å². The second kappa shape index (κ2) is 6.22. The first kappa shape index (κ1) is 14.6. The molecule has 1 heterocycles. The van der Waals surface area contributed by atoms with E-state index in [9.17, 15) is 4.79 Å². The highest BCUT2D eigenvalue weighted by Crippen LogP contribution is 2.36. The average Bonchev–Trinajstić information content (AvgIpc) is 2.83. The molecule has 1 aliphatic rings. The van der Waals surface area contributed by atoms with Gasteiger partial charge in [0.1, 0.15) is 18.1 Å². The lowest BCUT2D eigenvalue weighted by atomic mass is 9.83. The summed E-state index contributed by atoms with van der Waals surface area (Å²) in [7, 11) is 1.92. The van der Waals surface area contributed by atoms with Crippen molar-refractivity contribution in [1.82, 2.24) is 9.78 Å². The van der Waals surface area contributed by atoms with Crippen molar-refractivity contribution in [2.24, 2.45) is 7.05 Å². The van der Waals surface area contributed by atoms with E-state index < -0.39 is 5.97 Å². The Hall–Kier alpha value is -2.30. The van der Waals surface area contributed by atoms with Crippen LogP contribution in [0.15, 0.2) is 30.3 Å². The number of fused-ring (bicyclic) bond motifs is 1. The summed E-state index contributed by atoms with van der Waals surface area (Å²) < 4.78 is 7.68. The first-order valence-corrected chi connectivity index (χ1v) is 7.59. The van der Waals surface area contributed by atoms with E-state index in [0.717, 1.165) is 42.0 Å². The first-order chi connectivity index (χ1) is 10.6. The number of aryl methyl sites for hydroxylation is 1. The van der Waals surface area contributed by atoms with Gasteiger partial charge in [-0.3, -0.25) is 9.48 Å². The molecular formula is C17H20N2O3. The van der Waals surface area contributed by atoms with Crippen LogP contribution in [0.5, 0.6) is 5.75 Å². The van der Waals surface area contributed by atoms with Crippen molar-refractivity contribution in [3.63, 3.8) is 0 Å². The van der Waals surface area contributed by atoms with Gasteiger partial charge in [0.2, 0.25) is 0 Å². The summed E-state index contributed by atoms with van der Waals surface area (Å²) in [5.41, 5.74) is 3.11. The lowest BCUT2D eigenvalue weighted by Crippen LogP contribution is -2.15. The van der Waals surface area contributed by atoms with Crippen LogP contribution in [0.2, 0.25) is 0 Å². The number of hydrogen-bond acceptors (Lipinski definition) is 3. The highest BCUT2D eigenvalue weighted by Gasteiger charge is 2.29. The van der Waals surface area contributed by atoms with Crippen LogP contribution in [0.4, 0.5) is 0 Å². The molecule has 1 unspecified atom stereocenters. The second-order valence-electron chi connectivity index (χ2n) is 5.72. The standard InChI is InChI=1S/C17H20N2O3/c1-19-15-9-5-6-12(10-16(20)21)17(15)14(18-19)11-22-13-7-3-2-4-8-13/h2-4,7-8,12H,5-6,9-11H2,1H3,(H,20,21). The Morgan fingerprint density at radius 2 is 2.18 bits per heavy atom. The SMILES string of the molecule is Cn1nc(COc2ccccc2)c2c1CCCC2CC(=O)O. The number of hydrogen-bond donors (Lipinski definition) is 1. The van der Waals surface area contributed by atoms with E-state index >= 15 is 0 Å². The Balaban J connectivity index is 1.84. The van der Waals surface area contributed by atoms with Crippen molar-refractivity contribution in [2.75, 3.05) is 0 Å². The zero-order valence-electron chi connectivity index (χ0n) is 12.7. The minimum absolute atomic E-state index is 0.0457. The molecular weight excluding hydrogens is 280 g/mol.